The van der Waals surface area contributed by atoms with E-state index < -0.39 is 5.97 Å². The number of nitrogens with zero attached hydrogens (tertiary/aromatic N) is 1. The molecule has 0 spiro atoms. The molecule has 0 aliphatic rings. The summed E-state index contributed by atoms with van der Waals surface area (Å²) >= 11 is 3.23. The van der Waals surface area contributed by atoms with Gasteiger partial charge < -0.3 is 5.11 Å². The molecule has 0 aliphatic heterocycles. The molecule has 76 valence electrons. The maximum Gasteiger partial charge on any atom is 0.335 e. The van der Waals surface area contributed by atoms with Gasteiger partial charge in [-0.1, -0.05) is 28.1 Å². The first kappa shape index (κ1) is 11.5. The highest BCUT2D eigenvalue weighted by Gasteiger charge is 2.04. The number of carboxylic acid groups (broad SMARTS) is 1. The van der Waals surface area contributed by atoms with E-state index >= 15 is 0 Å². The largest absolute Gasteiger partial charge is 0.478 e. The molecule has 0 fully saturated rings. The second-order valence-corrected chi connectivity index (χ2v) is 3.76. The van der Waals surface area contributed by atoms with Crippen LogP contribution in [0.3, 0.4) is 0 Å². The lowest BCUT2D eigenvalue weighted by Crippen LogP contribution is -1.96. The predicted octanol–water partition coefficient (Wildman–Crippen LogP) is 3.07. The first-order chi connectivity index (χ1) is 7.13. The highest BCUT2D eigenvalue weighted by Crippen LogP contribution is 2.17. The lowest BCUT2D eigenvalue weighted by molar-refractivity contribution is 0.0697. The summed E-state index contributed by atoms with van der Waals surface area (Å²) in [5.41, 5.74) is 0.984. The van der Waals surface area contributed by atoms with Crippen LogP contribution < -0.4 is 0 Å². The quantitative estimate of drug-likeness (QED) is 0.914. The van der Waals surface area contributed by atoms with Gasteiger partial charge in [0, 0.05) is 4.47 Å². The number of nitriles is 1. The molecule has 0 heterocycles. The smallest absolute Gasteiger partial charge is 0.335 e. The number of halogens is 1. The first-order valence-corrected chi connectivity index (χ1v) is 5.00. The summed E-state index contributed by atoms with van der Waals surface area (Å²) < 4.78 is 0.707. The minimum absolute atomic E-state index is 0.223. The molecule has 0 atom stereocenters. The number of hydrogen-bond donors (Lipinski definition) is 1. The van der Waals surface area contributed by atoms with Gasteiger partial charge in [0.05, 0.1) is 18.1 Å². The van der Waals surface area contributed by atoms with Crippen molar-refractivity contribution in [2.75, 3.05) is 0 Å². The number of carboxylic acids is 1. The maximum absolute atomic E-state index is 10.7. The molecule has 0 aliphatic carbocycles. The van der Waals surface area contributed by atoms with Gasteiger partial charge in [0.1, 0.15) is 0 Å². The van der Waals surface area contributed by atoms with Crippen LogP contribution >= 0.6 is 15.9 Å². The summed E-state index contributed by atoms with van der Waals surface area (Å²) in [4.78, 5) is 10.7. The molecule has 0 aromatic heterocycles. The van der Waals surface area contributed by atoms with Crippen molar-refractivity contribution in [1.82, 2.24) is 0 Å². The Hall–Kier alpha value is -1.60. The third-order valence-corrected chi connectivity index (χ3v) is 2.14. The summed E-state index contributed by atoms with van der Waals surface area (Å²) in [6, 6.07) is 6.86. The first-order valence-electron chi connectivity index (χ1n) is 4.21. The van der Waals surface area contributed by atoms with Crippen molar-refractivity contribution in [3.63, 3.8) is 0 Å². The molecular formula is C11H8BrNO2. The second kappa shape index (κ2) is 5.32. The minimum atomic E-state index is -0.966. The lowest BCUT2D eigenvalue weighted by Gasteiger charge is -1.99. The average molecular weight is 266 g/mol. The van der Waals surface area contributed by atoms with E-state index in [0.717, 1.165) is 5.56 Å². The van der Waals surface area contributed by atoms with Gasteiger partial charge in [-0.15, -0.1) is 0 Å². The van der Waals surface area contributed by atoms with Gasteiger partial charge in [0.15, 0.2) is 0 Å². The number of allylic oxidation sites excluding steroid dienone is 1. The van der Waals surface area contributed by atoms with Gasteiger partial charge in [0.2, 0.25) is 0 Å². The van der Waals surface area contributed by atoms with Gasteiger partial charge in [0.25, 0.3) is 0 Å². The molecule has 0 radical (unpaired) electrons. The highest BCUT2D eigenvalue weighted by molar-refractivity contribution is 9.10. The molecule has 1 rings (SSSR count). The topological polar surface area (TPSA) is 61.1 Å². The van der Waals surface area contributed by atoms with Crippen molar-refractivity contribution < 1.29 is 9.90 Å². The monoisotopic (exact) mass is 265 g/mol. The summed E-state index contributed by atoms with van der Waals surface area (Å²) in [5, 5.41) is 17.1. The van der Waals surface area contributed by atoms with Crippen LogP contribution in [0.15, 0.2) is 28.7 Å². The SMILES string of the molecule is N#CCC=Cc1cc(Br)cc(C(=O)O)c1. The van der Waals surface area contributed by atoms with E-state index in [0.29, 0.717) is 10.9 Å². The summed E-state index contributed by atoms with van der Waals surface area (Å²) in [7, 11) is 0. The van der Waals surface area contributed by atoms with Crippen molar-refractivity contribution in [1.29, 1.82) is 5.26 Å². The molecule has 0 saturated heterocycles. The Bertz CT molecular complexity index is 446. The van der Waals surface area contributed by atoms with Crippen molar-refractivity contribution in [2.24, 2.45) is 0 Å². The predicted molar refractivity (Wildman–Crippen MR) is 60.4 cm³/mol. The zero-order valence-corrected chi connectivity index (χ0v) is 9.36. The number of rotatable bonds is 3. The van der Waals surface area contributed by atoms with E-state index in [-0.39, 0.29) is 5.56 Å². The Morgan fingerprint density at radius 2 is 2.27 bits per heavy atom. The molecule has 0 bridgehead atoms. The Kier molecular flexibility index (Phi) is 4.07. The number of aromatic carboxylic acids is 1. The molecule has 0 saturated carbocycles. The second-order valence-electron chi connectivity index (χ2n) is 2.84. The molecule has 3 nitrogen and oxygen atoms in total. The van der Waals surface area contributed by atoms with Gasteiger partial charge in [-0.3, -0.25) is 0 Å². The minimum Gasteiger partial charge on any atom is -0.478 e. The molecule has 1 N–H and O–H groups in total. The van der Waals surface area contributed by atoms with E-state index in [4.69, 9.17) is 10.4 Å². The normalized spacial score (nSPS) is 10.1. The molecular weight excluding hydrogens is 258 g/mol. The Morgan fingerprint density at radius 3 is 2.87 bits per heavy atom. The molecule has 4 heteroatoms. The Balaban J connectivity index is 3.00. The molecule has 0 amide bonds. The van der Waals surface area contributed by atoms with E-state index in [9.17, 15) is 4.79 Å². The van der Waals surface area contributed by atoms with E-state index in [1.807, 2.05) is 6.07 Å². The lowest BCUT2D eigenvalue weighted by atomic mass is 10.1. The highest BCUT2D eigenvalue weighted by atomic mass is 79.9. The zero-order chi connectivity index (χ0) is 11.3. The Labute approximate surface area is 95.8 Å². The standard InChI is InChI=1S/C11H8BrNO2/c12-10-6-8(3-1-2-4-13)5-9(7-10)11(14)15/h1,3,5-7H,2H2,(H,14,15). The summed E-state index contributed by atoms with van der Waals surface area (Å²) in [5.74, 6) is -0.966. The molecule has 15 heavy (non-hydrogen) atoms. The Morgan fingerprint density at radius 1 is 1.53 bits per heavy atom. The van der Waals surface area contributed by atoms with Crippen LogP contribution in [0, 0.1) is 11.3 Å². The van der Waals surface area contributed by atoms with Crippen molar-refractivity contribution >= 4 is 28.0 Å². The average Bonchev–Trinajstić information content (AvgIpc) is 2.17. The third-order valence-electron chi connectivity index (χ3n) is 1.69. The van der Waals surface area contributed by atoms with E-state index in [2.05, 4.69) is 15.9 Å². The summed E-state index contributed by atoms with van der Waals surface area (Å²) in [6.07, 6.45) is 3.72. The number of benzene rings is 1. The maximum atomic E-state index is 10.7. The molecule has 1 aromatic rings. The van der Waals surface area contributed by atoms with Crippen LogP contribution in [0.4, 0.5) is 0 Å². The van der Waals surface area contributed by atoms with Crippen LogP contribution in [-0.4, -0.2) is 11.1 Å². The van der Waals surface area contributed by atoms with Crippen molar-refractivity contribution in [3.05, 3.63) is 39.9 Å². The van der Waals surface area contributed by atoms with Gasteiger partial charge in [-0.25, -0.2) is 4.79 Å². The van der Waals surface area contributed by atoms with Crippen molar-refractivity contribution in [3.8, 4) is 6.07 Å². The molecule has 0 unspecified atom stereocenters. The van der Waals surface area contributed by atoms with Gasteiger partial charge in [-0.2, -0.15) is 5.26 Å². The van der Waals surface area contributed by atoms with E-state index in [1.165, 1.54) is 6.07 Å². The van der Waals surface area contributed by atoms with Gasteiger partial charge in [-0.05, 0) is 23.8 Å². The summed E-state index contributed by atoms with van der Waals surface area (Å²) in [6.45, 7) is 0. The zero-order valence-electron chi connectivity index (χ0n) is 7.77. The third kappa shape index (κ3) is 3.56. The van der Waals surface area contributed by atoms with Crippen LogP contribution in [0.2, 0.25) is 0 Å². The van der Waals surface area contributed by atoms with Crippen LogP contribution in [-0.2, 0) is 0 Å². The number of hydrogen-bond acceptors (Lipinski definition) is 2. The fourth-order valence-electron chi connectivity index (χ4n) is 1.08. The number of carbonyl (C=O) groups is 1. The van der Waals surface area contributed by atoms with Crippen LogP contribution in [0.25, 0.3) is 6.08 Å². The van der Waals surface area contributed by atoms with Crippen LogP contribution in [0.5, 0.6) is 0 Å². The van der Waals surface area contributed by atoms with Gasteiger partial charge >= 0.3 is 5.97 Å². The molecule has 1 aromatic carbocycles. The van der Waals surface area contributed by atoms with E-state index in [1.54, 1.807) is 24.3 Å². The van der Waals surface area contributed by atoms with Crippen LogP contribution in [0.1, 0.15) is 22.3 Å². The van der Waals surface area contributed by atoms with Crippen molar-refractivity contribution in [2.45, 2.75) is 6.42 Å². The fraction of sp³-hybridized carbons (Fsp3) is 0.0909. The fourth-order valence-corrected chi connectivity index (χ4v) is 1.59.